The fraction of sp³-hybridized carbons (Fsp3) is 0.133. The van der Waals surface area contributed by atoms with Gasteiger partial charge in [0.2, 0.25) is 0 Å². The number of nitrogens with zero attached hydrogens (tertiary/aromatic N) is 1. The van der Waals surface area contributed by atoms with E-state index in [1.54, 1.807) is 0 Å². The second-order valence-corrected chi connectivity index (χ2v) is 8.81. The van der Waals surface area contributed by atoms with Crippen molar-refractivity contribution in [2.75, 3.05) is 0 Å². The molecule has 3 nitrogen and oxygen atoms in total. The summed E-state index contributed by atoms with van der Waals surface area (Å²) in [6.07, 6.45) is 0.945. The number of nitrogens with two attached hydrogens (primary N) is 1. The summed E-state index contributed by atoms with van der Waals surface area (Å²) in [5, 5.41) is 6.87. The van der Waals surface area contributed by atoms with Crippen molar-refractivity contribution in [1.82, 2.24) is 0 Å². The van der Waals surface area contributed by atoms with Crippen molar-refractivity contribution in [3.63, 3.8) is 0 Å². The minimum Gasteiger partial charge on any atom is -0.383 e. The molecule has 0 aliphatic heterocycles. The van der Waals surface area contributed by atoms with Gasteiger partial charge in [0.1, 0.15) is 12.2 Å². The second kappa shape index (κ2) is 9.25. The summed E-state index contributed by atoms with van der Waals surface area (Å²) in [5.41, 5.74) is 16.1. The van der Waals surface area contributed by atoms with Crippen LogP contribution < -0.4 is 5.73 Å². The molecule has 0 saturated carbocycles. The van der Waals surface area contributed by atoms with Crippen LogP contribution in [0, 0.1) is 12.3 Å². The van der Waals surface area contributed by atoms with E-state index in [0.717, 1.165) is 17.5 Å². The molecule has 5 rings (SSSR count). The normalized spacial score (nSPS) is 13.4. The lowest BCUT2D eigenvalue weighted by molar-refractivity contribution is 0.660. The van der Waals surface area contributed by atoms with Gasteiger partial charge in [-0.05, 0) is 40.3 Å². The number of nitrogens with one attached hydrogen (secondary N) is 1. The summed E-state index contributed by atoms with van der Waals surface area (Å²) in [4.78, 5) is 3.73. The van der Waals surface area contributed by atoms with Crippen LogP contribution in [0.3, 0.4) is 0 Å². The molecular weight excluding hydrogens is 402 g/mol. The Labute approximate surface area is 196 Å². The van der Waals surface area contributed by atoms with Gasteiger partial charge in [-0.1, -0.05) is 116 Å². The molecule has 33 heavy (non-hydrogen) atoms. The average Bonchev–Trinajstić information content (AvgIpc) is 3.07. The van der Waals surface area contributed by atoms with Gasteiger partial charge in [0.05, 0.1) is 0 Å². The van der Waals surface area contributed by atoms with E-state index < -0.39 is 0 Å². The molecule has 3 heteroatoms. The lowest BCUT2D eigenvalue weighted by atomic mass is 9.82. The molecule has 3 N–H and O–H groups in total. The number of amidine groups is 1. The third kappa shape index (κ3) is 4.49. The van der Waals surface area contributed by atoms with Crippen LogP contribution in [-0.2, 0) is 5.41 Å². The van der Waals surface area contributed by atoms with Gasteiger partial charge < -0.3 is 5.73 Å². The summed E-state index contributed by atoms with van der Waals surface area (Å²) >= 11 is 0. The number of hydrogen-bond donors (Lipinski definition) is 2. The SMILES string of the molecule is Cc1ccc2c(c1)C(C)(C)c1ccccc1-2.N=CN=C(N)c1ccc(-c2ccccc2)cc1. The highest BCUT2D eigenvalue weighted by molar-refractivity contribution is 6.01. The molecule has 4 aromatic carbocycles. The Balaban J connectivity index is 0.000000157. The number of hydrogen-bond acceptors (Lipinski definition) is 1. The van der Waals surface area contributed by atoms with Crippen LogP contribution in [0.5, 0.6) is 0 Å². The van der Waals surface area contributed by atoms with E-state index in [-0.39, 0.29) is 5.41 Å². The molecule has 0 heterocycles. The molecule has 0 aromatic heterocycles. The Bertz CT molecular complexity index is 1300. The van der Waals surface area contributed by atoms with Crippen LogP contribution in [-0.4, -0.2) is 12.2 Å². The minimum absolute atomic E-state index is 0.151. The van der Waals surface area contributed by atoms with Crippen molar-refractivity contribution in [3.05, 3.63) is 119 Å². The van der Waals surface area contributed by atoms with Crippen molar-refractivity contribution in [1.29, 1.82) is 5.41 Å². The van der Waals surface area contributed by atoms with Crippen LogP contribution in [0.1, 0.15) is 36.1 Å². The molecule has 1 aliphatic carbocycles. The van der Waals surface area contributed by atoms with Gasteiger partial charge in [0.25, 0.3) is 0 Å². The lowest BCUT2D eigenvalue weighted by Gasteiger charge is -2.21. The fourth-order valence-electron chi connectivity index (χ4n) is 4.43. The molecule has 0 saturated heterocycles. The predicted octanol–water partition coefficient (Wildman–Crippen LogP) is 6.97. The Kier molecular flexibility index (Phi) is 6.23. The Morgan fingerprint density at radius 2 is 1.36 bits per heavy atom. The van der Waals surface area contributed by atoms with Gasteiger partial charge in [0.15, 0.2) is 0 Å². The molecule has 0 radical (unpaired) electrons. The molecular formula is C30H29N3. The lowest BCUT2D eigenvalue weighted by Crippen LogP contribution is -2.14. The first kappa shape index (κ1) is 22.2. The highest BCUT2D eigenvalue weighted by atomic mass is 14.9. The first-order chi connectivity index (χ1) is 15.9. The van der Waals surface area contributed by atoms with Crippen molar-refractivity contribution in [2.24, 2.45) is 10.7 Å². The Hall–Kier alpha value is -3.98. The topological polar surface area (TPSA) is 62.2 Å². The molecule has 0 unspecified atom stereocenters. The summed E-state index contributed by atoms with van der Waals surface area (Å²) < 4.78 is 0. The molecule has 0 atom stereocenters. The van der Waals surface area contributed by atoms with Crippen molar-refractivity contribution < 1.29 is 0 Å². The molecule has 0 bridgehead atoms. The van der Waals surface area contributed by atoms with Crippen LogP contribution >= 0.6 is 0 Å². The van der Waals surface area contributed by atoms with Gasteiger partial charge in [0, 0.05) is 11.0 Å². The highest BCUT2D eigenvalue weighted by Gasteiger charge is 2.34. The number of rotatable bonds is 3. The molecule has 0 amide bonds. The molecule has 4 aromatic rings. The van der Waals surface area contributed by atoms with E-state index in [1.165, 1.54) is 33.4 Å². The number of benzene rings is 4. The monoisotopic (exact) mass is 431 g/mol. The first-order valence-electron chi connectivity index (χ1n) is 11.1. The number of aliphatic imine (C=N–C) groups is 1. The number of fused-ring (bicyclic) bond motifs is 3. The van der Waals surface area contributed by atoms with Gasteiger partial charge in [-0.2, -0.15) is 0 Å². The van der Waals surface area contributed by atoms with E-state index in [2.05, 4.69) is 80.4 Å². The summed E-state index contributed by atoms with van der Waals surface area (Å²) in [7, 11) is 0. The molecule has 0 fully saturated rings. The van der Waals surface area contributed by atoms with Crippen LogP contribution in [0.15, 0.2) is 102 Å². The van der Waals surface area contributed by atoms with Crippen molar-refractivity contribution in [3.8, 4) is 22.3 Å². The zero-order valence-corrected chi connectivity index (χ0v) is 19.3. The molecule has 1 aliphatic rings. The average molecular weight is 432 g/mol. The molecule has 164 valence electrons. The van der Waals surface area contributed by atoms with Crippen LogP contribution in [0.4, 0.5) is 0 Å². The standard InChI is InChI=1S/C16H16.C14H13N3/c1-11-8-9-13-12-6-4-5-7-14(12)16(2,3)15(13)10-11;15-10-17-14(16)13-8-6-12(7-9-13)11-4-2-1-3-5-11/h4-10H,1-3H3;1-10H,(H3,15,16,17). The van der Waals surface area contributed by atoms with E-state index in [4.69, 9.17) is 11.1 Å². The summed E-state index contributed by atoms with van der Waals surface area (Å²) in [5.74, 6) is 0.361. The van der Waals surface area contributed by atoms with Gasteiger partial charge in [-0.15, -0.1) is 0 Å². The maximum Gasteiger partial charge on any atom is 0.132 e. The summed E-state index contributed by atoms with van der Waals surface area (Å²) in [6.45, 7) is 6.80. The Morgan fingerprint density at radius 3 is 2.06 bits per heavy atom. The second-order valence-electron chi connectivity index (χ2n) is 8.81. The molecule has 0 spiro atoms. The van der Waals surface area contributed by atoms with Crippen LogP contribution in [0.25, 0.3) is 22.3 Å². The summed E-state index contributed by atoms with van der Waals surface area (Å²) in [6, 6.07) is 33.5. The van der Waals surface area contributed by atoms with E-state index >= 15 is 0 Å². The maximum absolute atomic E-state index is 6.87. The highest BCUT2D eigenvalue weighted by Crippen LogP contribution is 2.48. The zero-order chi connectivity index (χ0) is 23.4. The van der Waals surface area contributed by atoms with Crippen molar-refractivity contribution in [2.45, 2.75) is 26.2 Å². The predicted molar refractivity (Wildman–Crippen MR) is 140 cm³/mol. The third-order valence-electron chi connectivity index (χ3n) is 6.23. The quantitative estimate of drug-likeness (QED) is 0.267. The maximum atomic E-state index is 6.87. The van der Waals surface area contributed by atoms with Crippen molar-refractivity contribution >= 4 is 12.2 Å². The first-order valence-corrected chi connectivity index (χ1v) is 11.1. The fourth-order valence-corrected chi connectivity index (χ4v) is 4.43. The van der Waals surface area contributed by atoms with Gasteiger partial charge >= 0.3 is 0 Å². The third-order valence-corrected chi connectivity index (χ3v) is 6.23. The van der Waals surface area contributed by atoms with E-state index in [0.29, 0.717) is 5.84 Å². The Morgan fingerprint density at radius 1 is 0.758 bits per heavy atom. The smallest absolute Gasteiger partial charge is 0.132 e. The largest absolute Gasteiger partial charge is 0.383 e. The van der Waals surface area contributed by atoms with E-state index in [9.17, 15) is 0 Å². The number of aryl methyl sites for hydroxylation is 1. The minimum atomic E-state index is 0.151. The van der Waals surface area contributed by atoms with Gasteiger partial charge in [-0.25, -0.2) is 4.99 Å². The van der Waals surface area contributed by atoms with Crippen LogP contribution in [0.2, 0.25) is 0 Å². The van der Waals surface area contributed by atoms with Gasteiger partial charge in [-0.3, -0.25) is 5.41 Å². The van der Waals surface area contributed by atoms with E-state index in [1.807, 2.05) is 42.5 Å². The zero-order valence-electron chi connectivity index (χ0n) is 19.3.